The molecule has 2 unspecified atom stereocenters. The number of fused-ring (bicyclic) bond motifs is 5. The zero-order valence-corrected chi connectivity index (χ0v) is 15.3. The number of halogens is 2. The first kappa shape index (κ1) is 16.6. The molecular formula is C22H16F2N4O. The van der Waals surface area contributed by atoms with E-state index in [0.717, 1.165) is 42.1 Å². The first-order valence-electron chi connectivity index (χ1n) is 9.67. The van der Waals surface area contributed by atoms with Gasteiger partial charge in [0.2, 0.25) is 5.82 Å². The molecule has 2 aliphatic rings. The predicted octanol–water partition coefficient (Wildman–Crippen LogP) is 5.23. The fraction of sp³-hybridized carbons (Fsp3) is 0.227. The minimum atomic E-state index is -0.636. The van der Waals surface area contributed by atoms with Crippen LogP contribution in [-0.4, -0.2) is 19.9 Å². The smallest absolute Gasteiger partial charge is 0.258 e. The standard InChI is InChI=1S/C22H16F2N4O/c23-15-8-9-17(16(24)11-15)28-20-14-7-6-13(10-14)18(20)19(26-28)21-25-22(29-27-21)12-4-2-1-3-5-12/h1-5,8-9,11,13-14H,6-7,10H2. The molecular weight excluding hydrogens is 374 g/mol. The second-order valence-electron chi connectivity index (χ2n) is 7.65. The van der Waals surface area contributed by atoms with E-state index in [4.69, 9.17) is 4.52 Å². The monoisotopic (exact) mass is 390 g/mol. The van der Waals surface area contributed by atoms with Crippen LogP contribution in [0.5, 0.6) is 0 Å². The molecule has 4 aromatic rings. The summed E-state index contributed by atoms with van der Waals surface area (Å²) < 4.78 is 35.0. The summed E-state index contributed by atoms with van der Waals surface area (Å²) in [5.41, 5.74) is 3.77. The average molecular weight is 390 g/mol. The lowest BCUT2D eigenvalue weighted by Gasteiger charge is -2.14. The third kappa shape index (κ3) is 2.46. The van der Waals surface area contributed by atoms with Crippen LogP contribution in [0.4, 0.5) is 8.78 Å². The summed E-state index contributed by atoms with van der Waals surface area (Å²) in [6.45, 7) is 0. The Bertz CT molecular complexity index is 1230. The van der Waals surface area contributed by atoms with Crippen LogP contribution in [0.15, 0.2) is 53.1 Å². The van der Waals surface area contributed by atoms with Gasteiger partial charge < -0.3 is 4.52 Å². The van der Waals surface area contributed by atoms with Crippen LogP contribution < -0.4 is 0 Å². The SMILES string of the molecule is Fc1ccc(-n2nc(-c3noc(-c4ccccc4)n3)c3c2C2CCC3C2)c(F)c1. The molecule has 2 bridgehead atoms. The van der Waals surface area contributed by atoms with E-state index in [1.165, 1.54) is 12.1 Å². The van der Waals surface area contributed by atoms with Crippen LogP contribution in [0.25, 0.3) is 28.7 Å². The Kier molecular flexibility index (Phi) is 3.47. The Morgan fingerprint density at radius 1 is 1.00 bits per heavy atom. The van der Waals surface area contributed by atoms with Gasteiger partial charge in [-0.3, -0.25) is 0 Å². The van der Waals surface area contributed by atoms with Crippen molar-refractivity contribution >= 4 is 0 Å². The molecule has 5 nitrogen and oxygen atoms in total. The van der Waals surface area contributed by atoms with Crippen molar-refractivity contribution in [1.82, 2.24) is 19.9 Å². The normalized spacial score (nSPS) is 19.7. The molecule has 0 radical (unpaired) electrons. The Balaban J connectivity index is 1.52. The van der Waals surface area contributed by atoms with Crippen LogP contribution in [-0.2, 0) is 0 Å². The molecule has 1 saturated carbocycles. The molecule has 7 heteroatoms. The van der Waals surface area contributed by atoms with Gasteiger partial charge in [0.1, 0.15) is 17.2 Å². The highest BCUT2D eigenvalue weighted by Gasteiger charge is 2.44. The molecule has 2 atom stereocenters. The van der Waals surface area contributed by atoms with E-state index in [1.807, 2.05) is 30.3 Å². The quantitative estimate of drug-likeness (QED) is 0.481. The van der Waals surface area contributed by atoms with Crippen molar-refractivity contribution in [3.63, 3.8) is 0 Å². The maximum atomic E-state index is 14.5. The second-order valence-corrected chi connectivity index (χ2v) is 7.65. The van der Waals surface area contributed by atoms with E-state index < -0.39 is 11.6 Å². The van der Waals surface area contributed by atoms with Crippen LogP contribution >= 0.6 is 0 Å². The molecule has 0 N–H and O–H groups in total. The van der Waals surface area contributed by atoms with Crippen molar-refractivity contribution in [2.24, 2.45) is 0 Å². The number of aromatic nitrogens is 4. The van der Waals surface area contributed by atoms with Gasteiger partial charge >= 0.3 is 0 Å². The third-order valence-corrected chi connectivity index (χ3v) is 5.98. The minimum absolute atomic E-state index is 0.244. The molecule has 0 amide bonds. The Morgan fingerprint density at radius 3 is 2.66 bits per heavy atom. The van der Waals surface area contributed by atoms with Crippen molar-refractivity contribution in [2.45, 2.75) is 31.1 Å². The van der Waals surface area contributed by atoms with Crippen LogP contribution in [0.3, 0.4) is 0 Å². The highest BCUT2D eigenvalue weighted by molar-refractivity contribution is 5.64. The van der Waals surface area contributed by atoms with Crippen LogP contribution in [0, 0.1) is 11.6 Å². The van der Waals surface area contributed by atoms with Crippen molar-refractivity contribution in [2.75, 3.05) is 0 Å². The number of hydrogen-bond donors (Lipinski definition) is 0. The van der Waals surface area contributed by atoms with E-state index in [-0.39, 0.29) is 5.69 Å². The maximum Gasteiger partial charge on any atom is 0.258 e. The predicted molar refractivity (Wildman–Crippen MR) is 102 cm³/mol. The molecule has 2 aromatic heterocycles. The molecule has 2 heterocycles. The van der Waals surface area contributed by atoms with E-state index in [0.29, 0.717) is 29.2 Å². The highest BCUT2D eigenvalue weighted by atomic mass is 19.1. The molecule has 0 aliphatic heterocycles. The summed E-state index contributed by atoms with van der Waals surface area (Å²) in [7, 11) is 0. The first-order valence-corrected chi connectivity index (χ1v) is 9.67. The Hall–Kier alpha value is -3.35. The average Bonchev–Trinajstić information content (AvgIpc) is 3.50. The minimum Gasteiger partial charge on any atom is -0.334 e. The Morgan fingerprint density at radius 2 is 1.83 bits per heavy atom. The van der Waals surface area contributed by atoms with E-state index >= 15 is 0 Å². The summed E-state index contributed by atoms with van der Waals surface area (Å²) in [5.74, 6) is 0.251. The fourth-order valence-electron chi connectivity index (χ4n) is 4.75. The number of hydrogen-bond acceptors (Lipinski definition) is 4. The van der Waals surface area contributed by atoms with Crippen molar-refractivity contribution < 1.29 is 13.3 Å². The molecule has 0 spiro atoms. The van der Waals surface area contributed by atoms with Crippen LogP contribution in [0.2, 0.25) is 0 Å². The van der Waals surface area contributed by atoms with Gasteiger partial charge in [-0.05, 0) is 49.4 Å². The van der Waals surface area contributed by atoms with E-state index in [1.54, 1.807) is 4.68 Å². The maximum absolute atomic E-state index is 14.5. The lowest BCUT2D eigenvalue weighted by atomic mass is 9.95. The van der Waals surface area contributed by atoms with Gasteiger partial charge in [-0.25, -0.2) is 13.5 Å². The number of rotatable bonds is 3. The molecule has 29 heavy (non-hydrogen) atoms. The molecule has 1 fully saturated rings. The summed E-state index contributed by atoms with van der Waals surface area (Å²) in [6.07, 6.45) is 3.14. The van der Waals surface area contributed by atoms with Crippen LogP contribution in [0.1, 0.15) is 42.4 Å². The van der Waals surface area contributed by atoms with Crippen molar-refractivity contribution in [3.8, 4) is 28.7 Å². The van der Waals surface area contributed by atoms with Gasteiger partial charge in [0.15, 0.2) is 5.82 Å². The highest BCUT2D eigenvalue weighted by Crippen LogP contribution is 2.56. The largest absolute Gasteiger partial charge is 0.334 e. The summed E-state index contributed by atoms with van der Waals surface area (Å²) in [4.78, 5) is 4.55. The summed E-state index contributed by atoms with van der Waals surface area (Å²) in [6, 6.07) is 13.1. The van der Waals surface area contributed by atoms with Crippen molar-refractivity contribution in [1.29, 1.82) is 0 Å². The third-order valence-electron chi connectivity index (χ3n) is 5.98. The van der Waals surface area contributed by atoms with E-state index in [9.17, 15) is 8.78 Å². The van der Waals surface area contributed by atoms with Gasteiger partial charge in [-0.2, -0.15) is 10.1 Å². The molecule has 6 rings (SSSR count). The molecule has 0 saturated heterocycles. The van der Waals surface area contributed by atoms with Crippen molar-refractivity contribution in [3.05, 3.63) is 71.4 Å². The van der Waals surface area contributed by atoms with Gasteiger partial charge in [0.25, 0.3) is 5.89 Å². The van der Waals surface area contributed by atoms with Gasteiger partial charge in [0, 0.05) is 23.1 Å². The number of nitrogens with zero attached hydrogens (tertiary/aromatic N) is 4. The Labute approximate surface area is 165 Å². The summed E-state index contributed by atoms with van der Waals surface area (Å²) >= 11 is 0. The lowest BCUT2D eigenvalue weighted by molar-refractivity contribution is 0.432. The van der Waals surface area contributed by atoms with Gasteiger partial charge in [0.05, 0.1) is 5.69 Å². The van der Waals surface area contributed by atoms with Gasteiger partial charge in [-0.1, -0.05) is 23.4 Å². The second kappa shape index (κ2) is 6.07. The van der Waals surface area contributed by atoms with Gasteiger partial charge in [-0.15, -0.1) is 0 Å². The number of benzene rings is 2. The molecule has 144 valence electrons. The summed E-state index contributed by atoms with van der Waals surface area (Å²) in [5, 5.41) is 8.83. The van der Waals surface area contributed by atoms with E-state index in [2.05, 4.69) is 15.2 Å². The lowest BCUT2D eigenvalue weighted by Crippen LogP contribution is -2.07. The molecule has 2 aliphatic carbocycles. The molecule has 2 aromatic carbocycles. The fourth-order valence-corrected chi connectivity index (χ4v) is 4.75. The topological polar surface area (TPSA) is 56.7 Å². The zero-order valence-electron chi connectivity index (χ0n) is 15.3. The first-order chi connectivity index (χ1) is 14.2. The zero-order chi connectivity index (χ0) is 19.5.